The van der Waals surface area contributed by atoms with E-state index in [4.69, 9.17) is 14.6 Å². The predicted octanol–water partition coefficient (Wildman–Crippen LogP) is 2.49. The van der Waals surface area contributed by atoms with Crippen molar-refractivity contribution in [3.05, 3.63) is 95.8 Å². The number of nitrogens with one attached hydrogen (secondary N) is 1. The molecule has 1 atom stereocenters. The van der Waals surface area contributed by atoms with Crippen molar-refractivity contribution < 1.29 is 37.0 Å². The van der Waals surface area contributed by atoms with E-state index >= 15 is 0 Å². The molecule has 0 aliphatic carbocycles. The summed E-state index contributed by atoms with van der Waals surface area (Å²) in [5.74, 6) is -1.12. The number of aliphatic hydroxyl groups is 1. The Morgan fingerprint density at radius 1 is 1.00 bits per heavy atom. The van der Waals surface area contributed by atoms with Crippen molar-refractivity contribution in [3.8, 4) is 5.75 Å². The van der Waals surface area contributed by atoms with Crippen LogP contribution in [0.3, 0.4) is 0 Å². The predicted molar refractivity (Wildman–Crippen MR) is 152 cm³/mol. The summed E-state index contributed by atoms with van der Waals surface area (Å²) in [7, 11) is -3.69. The molecule has 3 aromatic rings. The van der Waals surface area contributed by atoms with Gasteiger partial charge in [-0.2, -0.15) is 4.31 Å². The third kappa shape index (κ3) is 8.13. The molecule has 0 bridgehead atoms. The molecule has 0 aromatic heterocycles. The Hall–Kier alpha value is -3.84. The zero-order valence-corrected chi connectivity index (χ0v) is 23.8. The number of benzene rings is 3. The monoisotopic (exact) mass is 599 g/mol. The van der Waals surface area contributed by atoms with Crippen LogP contribution in [0.4, 0.5) is 4.39 Å². The van der Waals surface area contributed by atoms with Crippen molar-refractivity contribution >= 4 is 21.8 Å². The number of nitrogens with zero attached hydrogens (tertiary/aromatic N) is 2. The second kappa shape index (κ2) is 14.9. The molecule has 10 nitrogen and oxygen atoms in total. The van der Waals surface area contributed by atoms with Crippen LogP contribution in [0.2, 0.25) is 0 Å². The molecule has 1 aliphatic heterocycles. The Morgan fingerprint density at radius 3 is 2.31 bits per heavy atom. The number of aliphatic hydroxyl groups excluding tert-OH is 1. The third-order valence-electron chi connectivity index (χ3n) is 6.69. The number of amides is 2. The zero-order chi connectivity index (χ0) is 30.0. The van der Waals surface area contributed by atoms with E-state index in [1.165, 1.54) is 57.7 Å². The molecule has 0 spiro atoms. The summed E-state index contributed by atoms with van der Waals surface area (Å²) in [5, 5.41) is 11.9. The molecule has 0 saturated carbocycles. The normalized spacial score (nSPS) is 14.6. The molecule has 12 heteroatoms. The highest BCUT2D eigenvalue weighted by Crippen LogP contribution is 2.25. The standard InChI is InChI=1S/C30H34FN3O7S/c31-25-9-7-23(8-10-25)21-34(29(24-5-2-1-3-6-24)30(37)32-15-4-18-35)28(36)22-41-26-11-13-27(14-12-26)42(38,39)33-16-19-40-20-17-33/h1-3,5-14,29,35H,4,15-22H2,(H,32,37). The summed E-state index contributed by atoms with van der Waals surface area (Å²) in [6.45, 7) is 0.879. The molecule has 2 amide bonds. The molecule has 4 rings (SSSR count). The maximum Gasteiger partial charge on any atom is 0.261 e. The van der Waals surface area contributed by atoms with Gasteiger partial charge >= 0.3 is 0 Å². The number of sulfonamides is 1. The van der Waals surface area contributed by atoms with Crippen molar-refractivity contribution in [2.24, 2.45) is 0 Å². The number of rotatable bonds is 13. The molecule has 42 heavy (non-hydrogen) atoms. The second-order valence-corrected chi connectivity index (χ2v) is 11.5. The van der Waals surface area contributed by atoms with Crippen LogP contribution in [-0.2, 0) is 30.9 Å². The van der Waals surface area contributed by atoms with Gasteiger partial charge in [0.1, 0.15) is 17.6 Å². The fourth-order valence-electron chi connectivity index (χ4n) is 4.48. The number of hydrogen-bond donors (Lipinski definition) is 2. The highest BCUT2D eigenvalue weighted by Gasteiger charge is 2.32. The second-order valence-electron chi connectivity index (χ2n) is 9.61. The highest BCUT2D eigenvalue weighted by molar-refractivity contribution is 7.89. The zero-order valence-electron chi connectivity index (χ0n) is 23.0. The fraction of sp³-hybridized carbons (Fsp3) is 0.333. The van der Waals surface area contributed by atoms with Gasteiger partial charge in [-0.15, -0.1) is 0 Å². The minimum Gasteiger partial charge on any atom is -0.484 e. The lowest BCUT2D eigenvalue weighted by Crippen LogP contribution is -2.45. The van der Waals surface area contributed by atoms with Crippen LogP contribution in [0.5, 0.6) is 5.75 Å². The van der Waals surface area contributed by atoms with E-state index in [-0.39, 0.29) is 43.4 Å². The Bertz CT molecular complexity index is 1420. The van der Waals surface area contributed by atoms with Gasteiger partial charge in [-0.1, -0.05) is 42.5 Å². The molecular formula is C30H34FN3O7S. The first-order chi connectivity index (χ1) is 20.3. The summed E-state index contributed by atoms with van der Waals surface area (Å²) < 4.78 is 51.7. The maximum atomic E-state index is 13.7. The Morgan fingerprint density at radius 2 is 1.67 bits per heavy atom. The molecule has 1 unspecified atom stereocenters. The van der Waals surface area contributed by atoms with Crippen LogP contribution in [0.25, 0.3) is 0 Å². The SMILES string of the molecule is O=C(NCCCO)C(c1ccccc1)N(Cc1ccc(F)cc1)C(=O)COc1ccc(S(=O)(=O)N2CCOCC2)cc1. The van der Waals surface area contributed by atoms with E-state index in [9.17, 15) is 22.4 Å². The third-order valence-corrected chi connectivity index (χ3v) is 8.60. The topological polar surface area (TPSA) is 125 Å². The van der Waals surface area contributed by atoms with E-state index in [0.717, 1.165) is 0 Å². The minimum atomic E-state index is -3.69. The van der Waals surface area contributed by atoms with Crippen LogP contribution >= 0.6 is 0 Å². The summed E-state index contributed by atoms with van der Waals surface area (Å²) in [6, 6.07) is 19.2. The van der Waals surface area contributed by atoms with Crippen LogP contribution < -0.4 is 10.1 Å². The first kappa shape index (κ1) is 31.1. The van der Waals surface area contributed by atoms with Crippen LogP contribution in [0.15, 0.2) is 83.8 Å². The van der Waals surface area contributed by atoms with Crippen LogP contribution in [0.1, 0.15) is 23.6 Å². The van der Waals surface area contributed by atoms with Crippen molar-refractivity contribution in [2.75, 3.05) is 46.1 Å². The summed E-state index contributed by atoms with van der Waals surface area (Å²) >= 11 is 0. The number of ether oxygens (including phenoxy) is 2. The molecule has 224 valence electrons. The maximum absolute atomic E-state index is 13.7. The van der Waals surface area contributed by atoms with E-state index < -0.39 is 40.3 Å². The highest BCUT2D eigenvalue weighted by atomic mass is 32.2. The summed E-state index contributed by atoms with van der Waals surface area (Å²) in [6.07, 6.45) is 0.347. The van der Waals surface area contributed by atoms with Gasteiger partial charge in [-0.05, 0) is 53.9 Å². The van der Waals surface area contributed by atoms with Crippen molar-refractivity contribution in [1.29, 1.82) is 0 Å². The lowest BCUT2D eigenvalue weighted by Gasteiger charge is -2.31. The van der Waals surface area contributed by atoms with Gasteiger partial charge in [0.2, 0.25) is 15.9 Å². The summed E-state index contributed by atoms with van der Waals surface area (Å²) in [4.78, 5) is 28.5. The van der Waals surface area contributed by atoms with Crippen LogP contribution in [-0.4, -0.2) is 80.6 Å². The van der Waals surface area contributed by atoms with Gasteiger partial charge < -0.3 is 24.8 Å². The Balaban J connectivity index is 1.54. The summed E-state index contributed by atoms with van der Waals surface area (Å²) in [5.41, 5.74) is 1.17. The van der Waals surface area contributed by atoms with E-state index in [0.29, 0.717) is 30.8 Å². The van der Waals surface area contributed by atoms with E-state index in [1.807, 2.05) is 0 Å². The fourth-order valence-corrected chi connectivity index (χ4v) is 5.89. The van der Waals surface area contributed by atoms with Gasteiger partial charge in [0.05, 0.1) is 18.1 Å². The van der Waals surface area contributed by atoms with Crippen molar-refractivity contribution in [3.63, 3.8) is 0 Å². The number of hydrogen-bond acceptors (Lipinski definition) is 7. The Labute approximate surface area is 244 Å². The number of carbonyl (C=O) groups excluding carboxylic acids is 2. The van der Waals surface area contributed by atoms with Crippen molar-refractivity contribution in [1.82, 2.24) is 14.5 Å². The largest absolute Gasteiger partial charge is 0.484 e. The molecule has 1 heterocycles. The Kier molecular flexibility index (Phi) is 11.0. The minimum absolute atomic E-state index is 0.00775. The molecule has 1 aliphatic rings. The van der Waals surface area contributed by atoms with Gasteiger partial charge in [0.25, 0.3) is 5.91 Å². The van der Waals surface area contributed by atoms with Gasteiger partial charge in [0, 0.05) is 32.8 Å². The van der Waals surface area contributed by atoms with Gasteiger partial charge in [-0.25, -0.2) is 12.8 Å². The quantitative estimate of drug-likeness (QED) is 0.289. The average Bonchev–Trinajstić information content (AvgIpc) is 3.02. The van der Waals surface area contributed by atoms with Gasteiger partial charge in [0.15, 0.2) is 6.61 Å². The van der Waals surface area contributed by atoms with Crippen LogP contribution in [0, 0.1) is 5.82 Å². The lowest BCUT2D eigenvalue weighted by molar-refractivity contribution is -0.143. The first-order valence-electron chi connectivity index (χ1n) is 13.6. The smallest absolute Gasteiger partial charge is 0.261 e. The molecule has 1 saturated heterocycles. The number of carbonyl (C=O) groups is 2. The van der Waals surface area contributed by atoms with E-state index in [2.05, 4.69) is 5.32 Å². The van der Waals surface area contributed by atoms with Crippen molar-refractivity contribution in [2.45, 2.75) is 23.9 Å². The molecule has 1 fully saturated rings. The molecular weight excluding hydrogens is 565 g/mol. The molecule has 2 N–H and O–H groups in total. The lowest BCUT2D eigenvalue weighted by atomic mass is 10.0. The number of halogens is 1. The van der Waals surface area contributed by atoms with E-state index in [1.54, 1.807) is 30.3 Å². The number of morpholine rings is 1. The average molecular weight is 600 g/mol. The molecule has 0 radical (unpaired) electrons. The van der Waals surface area contributed by atoms with Gasteiger partial charge in [-0.3, -0.25) is 9.59 Å². The first-order valence-corrected chi connectivity index (χ1v) is 15.0. The molecule has 3 aromatic carbocycles.